The fourth-order valence-electron chi connectivity index (χ4n) is 1.77. The Balaban J connectivity index is 2.01. The first-order chi connectivity index (χ1) is 8.16. The second kappa shape index (κ2) is 5.42. The summed E-state index contributed by atoms with van der Waals surface area (Å²) >= 11 is 0. The Bertz CT molecular complexity index is 421. The maximum atomic E-state index is 12.0. The highest BCUT2D eigenvalue weighted by Gasteiger charge is 2.19. The molecular weight excluding hydrogens is 240 g/mol. The van der Waals surface area contributed by atoms with Gasteiger partial charge < -0.3 is 9.84 Å². The maximum Gasteiger partial charge on any atom is 0.335 e. The lowest BCUT2D eigenvalue weighted by Gasteiger charge is -2.07. The molecule has 0 radical (unpaired) electrons. The first-order valence-corrected chi connectivity index (χ1v) is 6.78. The summed E-state index contributed by atoms with van der Waals surface area (Å²) in [5, 5.41) is 8.75. The predicted octanol–water partition coefficient (Wildman–Crippen LogP) is 1.53. The molecular formula is C12H14O4S. The summed E-state index contributed by atoms with van der Waals surface area (Å²) in [7, 11) is -1.07. The minimum absolute atomic E-state index is 0.218. The summed E-state index contributed by atoms with van der Waals surface area (Å²) in [5.41, 5.74) is 0.218. The van der Waals surface area contributed by atoms with Gasteiger partial charge in [0.05, 0.1) is 23.0 Å². The second-order valence-corrected chi connectivity index (χ2v) is 5.57. The van der Waals surface area contributed by atoms with Crippen LogP contribution in [0.2, 0.25) is 0 Å². The summed E-state index contributed by atoms with van der Waals surface area (Å²) in [6.45, 7) is 1.43. The molecule has 0 aromatic heterocycles. The summed E-state index contributed by atoms with van der Waals surface area (Å²) < 4.78 is 17.2. The van der Waals surface area contributed by atoms with Gasteiger partial charge >= 0.3 is 5.97 Å². The zero-order chi connectivity index (χ0) is 12.3. The fourth-order valence-corrected chi connectivity index (χ4v) is 3.10. The smallest absolute Gasteiger partial charge is 0.335 e. The second-order valence-electron chi connectivity index (χ2n) is 4.07. The summed E-state index contributed by atoms with van der Waals surface area (Å²) in [5.74, 6) is -0.0200. The van der Waals surface area contributed by atoms with E-state index in [2.05, 4.69) is 0 Å². The molecule has 17 heavy (non-hydrogen) atoms. The molecule has 0 bridgehead atoms. The number of aromatic carboxylic acids is 1. The number of carboxylic acids is 1. The van der Waals surface area contributed by atoms with E-state index in [1.54, 1.807) is 12.1 Å². The maximum absolute atomic E-state index is 12.0. The Morgan fingerprint density at radius 1 is 1.41 bits per heavy atom. The van der Waals surface area contributed by atoms with E-state index in [0.29, 0.717) is 23.2 Å². The van der Waals surface area contributed by atoms with E-state index in [9.17, 15) is 9.00 Å². The van der Waals surface area contributed by atoms with Crippen LogP contribution in [0.4, 0.5) is 0 Å². The summed E-state index contributed by atoms with van der Waals surface area (Å²) in [4.78, 5) is 11.4. The molecule has 1 aliphatic rings. The van der Waals surface area contributed by atoms with Crippen molar-refractivity contribution in [2.24, 2.45) is 5.92 Å². The van der Waals surface area contributed by atoms with Gasteiger partial charge in [-0.3, -0.25) is 4.21 Å². The van der Waals surface area contributed by atoms with Crippen LogP contribution < -0.4 is 0 Å². The van der Waals surface area contributed by atoms with Crippen LogP contribution in [0.15, 0.2) is 29.2 Å². The molecule has 1 aromatic carbocycles. The van der Waals surface area contributed by atoms with E-state index in [-0.39, 0.29) is 5.56 Å². The lowest BCUT2D eigenvalue weighted by atomic mass is 10.2. The quantitative estimate of drug-likeness (QED) is 0.885. The van der Waals surface area contributed by atoms with Gasteiger partial charge in [0.1, 0.15) is 0 Å². The molecule has 2 unspecified atom stereocenters. The first kappa shape index (κ1) is 12.3. The lowest BCUT2D eigenvalue weighted by Crippen LogP contribution is -2.11. The average molecular weight is 254 g/mol. The predicted molar refractivity (Wildman–Crippen MR) is 63.6 cm³/mol. The van der Waals surface area contributed by atoms with Crippen molar-refractivity contribution >= 4 is 16.8 Å². The molecule has 0 aliphatic carbocycles. The highest BCUT2D eigenvalue weighted by atomic mass is 32.2. The molecule has 2 rings (SSSR count). The molecule has 1 aromatic rings. The molecule has 5 heteroatoms. The summed E-state index contributed by atoms with van der Waals surface area (Å²) in [6, 6.07) is 6.21. The Kier molecular flexibility index (Phi) is 3.91. The number of hydrogen-bond acceptors (Lipinski definition) is 3. The Labute approximate surface area is 102 Å². The molecule has 1 saturated heterocycles. The van der Waals surface area contributed by atoms with Crippen molar-refractivity contribution in [2.45, 2.75) is 11.3 Å². The molecule has 2 atom stereocenters. The molecule has 1 heterocycles. The molecule has 0 spiro atoms. The number of benzene rings is 1. The molecule has 1 N–H and O–H groups in total. The normalized spacial score (nSPS) is 21.3. The zero-order valence-electron chi connectivity index (χ0n) is 9.30. The molecule has 92 valence electrons. The van der Waals surface area contributed by atoms with Crippen LogP contribution in [0.3, 0.4) is 0 Å². The lowest BCUT2D eigenvalue weighted by molar-refractivity contribution is 0.0697. The third-order valence-corrected chi connectivity index (χ3v) is 4.35. The topological polar surface area (TPSA) is 63.6 Å². The molecule has 4 nitrogen and oxygen atoms in total. The minimum atomic E-state index is -1.07. The summed E-state index contributed by atoms with van der Waals surface area (Å²) in [6.07, 6.45) is 0.957. The van der Waals surface area contributed by atoms with E-state index in [4.69, 9.17) is 9.84 Å². The monoisotopic (exact) mass is 254 g/mol. The largest absolute Gasteiger partial charge is 0.478 e. The van der Waals surface area contributed by atoms with Crippen molar-refractivity contribution in [3.8, 4) is 0 Å². The van der Waals surface area contributed by atoms with Crippen LogP contribution >= 0.6 is 0 Å². The number of carbonyl (C=O) groups is 1. The standard InChI is InChI=1S/C12H14O4S/c13-12(14)10-1-3-11(4-2-10)17(15)8-9-5-6-16-7-9/h1-4,9H,5-8H2,(H,13,14). The van der Waals surface area contributed by atoms with Crippen molar-refractivity contribution in [2.75, 3.05) is 19.0 Å². The SMILES string of the molecule is O=C(O)c1ccc(S(=O)CC2CCOC2)cc1. The van der Waals surface area contributed by atoms with Gasteiger partial charge in [-0.25, -0.2) is 4.79 Å². The van der Waals surface area contributed by atoms with Gasteiger partial charge in [0, 0.05) is 17.3 Å². The number of ether oxygens (including phenoxy) is 1. The minimum Gasteiger partial charge on any atom is -0.478 e. The first-order valence-electron chi connectivity index (χ1n) is 5.46. The Hall–Kier alpha value is -1.20. The molecule has 0 amide bonds. The van der Waals surface area contributed by atoms with Crippen LogP contribution in [0.5, 0.6) is 0 Å². The van der Waals surface area contributed by atoms with Gasteiger partial charge in [-0.2, -0.15) is 0 Å². The van der Waals surface area contributed by atoms with Crippen molar-refractivity contribution in [1.29, 1.82) is 0 Å². The van der Waals surface area contributed by atoms with Gasteiger partial charge in [0.2, 0.25) is 0 Å². The van der Waals surface area contributed by atoms with Crippen molar-refractivity contribution in [3.05, 3.63) is 29.8 Å². The van der Waals surface area contributed by atoms with Crippen molar-refractivity contribution in [1.82, 2.24) is 0 Å². The highest BCUT2D eigenvalue weighted by Crippen LogP contribution is 2.17. The average Bonchev–Trinajstić information content (AvgIpc) is 2.82. The molecule has 0 saturated carbocycles. The van der Waals surface area contributed by atoms with Gasteiger partial charge in [-0.1, -0.05) is 0 Å². The number of rotatable bonds is 4. The number of hydrogen-bond donors (Lipinski definition) is 1. The number of carboxylic acid groups (broad SMARTS) is 1. The molecule has 1 fully saturated rings. The Morgan fingerprint density at radius 2 is 2.12 bits per heavy atom. The van der Waals surface area contributed by atoms with Crippen LogP contribution in [0.25, 0.3) is 0 Å². The van der Waals surface area contributed by atoms with E-state index < -0.39 is 16.8 Å². The van der Waals surface area contributed by atoms with Gasteiger partial charge in [-0.15, -0.1) is 0 Å². The fraction of sp³-hybridized carbons (Fsp3) is 0.417. The van der Waals surface area contributed by atoms with Gasteiger partial charge in [0.15, 0.2) is 0 Å². The zero-order valence-corrected chi connectivity index (χ0v) is 10.1. The molecule has 1 aliphatic heterocycles. The third kappa shape index (κ3) is 3.14. The van der Waals surface area contributed by atoms with Gasteiger partial charge in [0.25, 0.3) is 0 Å². The van der Waals surface area contributed by atoms with Crippen LogP contribution in [-0.4, -0.2) is 34.3 Å². The Morgan fingerprint density at radius 3 is 2.65 bits per heavy atom. The van der Waals surface area contributed by atoms with Crippen LogP contribution in [0.1, 0.15) is 16.8 Å². The van der Waals surface area contributed by atoms with Crippen LogP contribution in [-0.2, 0) is 15.5 Å². The van der Waals surface area contributed by atoms with E-state index in [1.807, 2.05) is 0 Å². The van der Waals surface area contributed by atoms with Crippen LogP contribution in [0, 0.1) is 5.92 Å². The van der Waals surface area contributed by atoms with Gasteiger partial charge in [-0.05, 0) is 36.6 Å². The van der Waals surface area contributed by atoms with E-state index in [1.165, 1.54) is 12.1 Å². The van der Waals surface area contributed by atoms with Crippen molar-refractivity contribution in [3.63, 3.8) is 0 Å². The third-order valence-electron chi connectivity index (χ3n) is 2.78. The van der Waals surface area contributed by atoms with E-state index >= 15 is 0 Å². The van der Waals surface area contributed by atoms with Crippen molar-refractivity contribution < 1.29 is 18.8 Å². The van der Waals surface area contributed by atoms with E-state index in [0.717, 1.165) is 13.0 Å². The highest BCUT2D eigenvalue weighted by molar-refractivity contribution is 7.85.